The Labute approximate surface area is 347 Å². The van der Waals surface area contributed by atoms with Gasteiger partial charge in [-0.2, -0.15) is 0 Å². The smallest absolute Gasteiger partial charge is 0.180 e. The van der Waals surface area contributed by atoms with Crippen LogP contribution in [-0.2, 0) is 5.41 Å². The minimum absolute atomic E-state index is 0.554. The molecule has 3 heterocycles. The normalized spacial score (nSPS) is 15.1. The molecule has 0 bridgehead atoms. The van der Waals surface area contributed by atoms with Gasteiger partial charge in [0.25, 0.3) is 0 Å². The summed E-state index contributed by atoms with van der Waals surface area (Å²) in [4.78, 5) is 2.47. The van der Waals surface area contributed by atoms with Gasteiger partial charge in [-0.15, -0.1) is 0 Å². The van der Waals surface area contributed by atoms with E-state index in [0.717, 1.165) is 28.3 Å². The molecule has 0 saturated carbocycles. The Morgan fingerprint density at radius 3 is 1.29 bits per heavy atom. The molecular weight excluding hydrogens is 750 g/mol. The lowest BCUT2D eigenvalue weighted by Gasteiger charge is -2.48. The van der Waals surface area contributed by atoms with E-state index in [1.807, 2.05) is 0 Å². The lowest BCUT2D eigenvalue weighted by Crippen LogP contribution is -2.81. The van der Waals surface area contributed by atoms with E-state index in [9.17, 15) is 0 Å². The summed E-state index contributed by atoms with van der Waals surface area (Å²) in [5.41, 5.74) is 7.75. The van der Waals surface area contributed by atoms with Crippen molar-refractivity contribution in [3.63, 3.8) is 0 Å². The number of para-hydroxylation sites is 4. The third-order valence-corrected chi connectivity index (χ3v) is 20.6. The number of nitrogens with zero attached hydrogens (tertiary/aromatic N) is 1. The van der Waals surface area contributed by atoms with E-state index in [0.29, 0.717) is 0 Å². The molecule has 4 heteroatoms. The van der Waals surface area contributed by atoms with Crippen LogP contribution in [0.25, 0.3) is 0 Å². The highest BCUT2D eigenvalue weighted by Gasteiger charge is 2.52. The van der Waals surface area contributed by atoms with Gasteiger partial charge < -0.3 is 9.64 Å². The van der Waals surface area contributed by atoms with Crippen molar-refractivity contribution in [1.29, 1.82) is 0 Å². The Bertz CT molecular complexity index is 2870. The van der Waals surface area contributed by atoms with Gasteiger partial charge in [0, 0.05) is 16.8 Å². The van der Waals surface area contributed by atoms with E-state index in [1.165, 1.54) is 59.2 Å². The highest BCUT2D eigenvalue weighted by molar-refractivity contribution is 7.81. The van der Waals surface area contributed by atoms with E-state index < -0.39 is 21.4 Å². The summed E-state index contributed by atoms with van der Waals surface area (Å²) in [6, 6.07) is 85.9. The molecule has 1 spiro atoms. The van der Waals surface area contributed by atoms with Crippen LogP contribution in [0.3, 0.4) is 0 Å². The summed E-state index contributed by atoms with van der Waals surface area (Å²) < 4.78 is 6.62. The van der Waals surface area contributed by atoms with Crippen molar-refractivity contribution in [2.24, 2.45) is 0 Å². The predicted octanol–water partition coefficient (Wildman–Crippen LogP) is 9.41. The zero-order valence-electron chi connectivity index (χ0n) is 32.2. The predicted molar refractivity (Wildman–Crippen MR) is 249 cm³/mol. The number of hydrogen-bond acceptors (Lipinski definition) is 2. The van der Waals surface area contributed by atoms with Crippen LogP contribution < -0.4 is 46.3 Å². The van der Waals surface area contributed by atoms with Gasteiger partial charge in [-0.3, -0.25) is 0 Å². The van der Waals surface area contributed by atoms with Crippen molar-refractivity contribution < 1.29 is 4.74 Å². The SMILES string of the molecule is c1ccc([Si]2(c3ccccc3)c3ccccc3P(c3ccc(N4c5ccccc5C5(c6ccccc6Oc6ccccc65)c5ccccc54)cc3)c3ccccc32)cc1. The van der Waals surface area contributed by atoms with Crippen LogP contribution in [0.5, 0.6) is 11.5 Å². The van der Waals surface area contributed by atoms with Gasteiger partial charge in [0.1, 0.15) is 11.5 Å². The second kappa shape index (κ2) is 13.4. The Hall–Kier alpha value is -6.77. The fourth-order valence-electron chi connectivity index (χ4n) is 10.5. The van der Waals surface area contributed by atoms with E-state index in [-0.39, 0.29) is 0 Å². The van der Waals surface area contributed by atoms with Gasteiger partial charge in [-0.25, -0.2) is 0 Å². The maximum absolute atomic E-state index is 6.62. The fourth-order valence-corrected chi connectivity index (χ4v) is 19.5. The zero-order valence-corrected chi connectivity index (χ0v) is 34.1. The van der Waals surface area contributed by atoms with E-state index in [2.05, 4.69) is 235 Å². The first-order valence-electron chi connectivity index (χ1n) is 20.4. The molecule has 278 valence electrons. The molecule has 0 amide bonds. The van der Waals surface area contributed by atoms with Gasteiger partial charge in [0.05, 0.1) is 16.8 Å². The van der Waals surface area contributed by atoms with Crippen molar-refractivity contribution in [3.8, 4) is 11.5 Å². The van der Waals surface area contributed by atoms with Crippen LogP contribution in [0.4, 0.5) is 17.1 Å². The van der Waals surface area contributed by atoms with E-state index in [4.69, 9.17) is 4.74 Å². The zero-order chi connectivity index (χ0) is 39.0. The molecule has 3 aliphatic heterocycles. The molecule has 3 aliphatic rings. The third kappa shape index (κ3) is 4.78. The second-order valence-electron chi connectivity index (χ2n) is 15.6. The molecule has 2 nitrogen and oxygen atoms in total. The average molecular weight is 788 g/mol. The molecule has 12 rings (SSSR count). The highest BCUT2D eigenvalue weighted by atomic mass is 31.1. The minimum Gasteiger partial charge on any atom is -0.457 e. The van der Waals surface area contributed by atoms with Crippen LogP contribution in [-0.4, -0.2) is 8.07 Å². The molecule has 0 radical (unpaired) electrons. The van der Waals surface area contributed by atoms with Gasteiger partial charge in [0.2, 0.25) is 0 Å². The van der Waals surface area contributed by atoms with Crippen molar-refractivity contribution in [1.82, 2.24) is 0 Å². The van der Waals surface area contributed by atoms with Gasteiger partial charge in [-0.05, 0) is 92.1 Å². The number of fused-ring (bicyclic) bond motifs is 10. The average Bonchev–Trinajstić information content (AvgIpc) is 3.31. The van der Waals surface area contributed by atoms with Gasteiger partial charge in [0.15, 0.2) is 8.07 Å². The van der Waals surface area contributed by atoms with E-state index in [1.54, 1.807) is 0 Å². The van der Waals surface area contributed by atoms with Crippen LogP contribution >= 0.6 is 7.92 Å². The lowest BCUT2D eigenvalue weighted by molar-refractivity contribution is 0.434. The van der Waals surface area contributed by atoms with Gasteiger partial charge in [-0.1, -0.05) is 194 Å². The molecule has 0 unspecified atom stereocenters. The standard InChI is InChI=1S/C55H38NOPSi/c1-3-19-41(20-4-1)59(42-21-5-2-6-22-42)53-33-17-15-31-51(53)58(52-32-16-18-34-54(52)59)40-37-35-39(36-38-40)56-47-27-11-7-23-43(47)55(44-24-8-12-28-48(44)56)45-25-9-13-29-49(45)57-50-30-14-10-26-46(50)55/h1-38H. The maximum atomic E-state index is 6.62. The summed E-state index contributed by atoms with van der Waals surface area (Å²) in [5, 5.41) is 10.1. The monoisotopic (exact) mass is 787 g/mol. The molecule has 59 heavy (non-hydrogen) atoms. The van der Waals surface area contributed by atoms with Crippen molar-refractivity contribution in [2.75, 3.05) is 4.90 Å². The van der Waals surface area contributed by atoms with Crippen LogP contribution in [0, 0.1) is 0 Å². The van der Waals surface area contributed by atoms with Crippen LogP contribution in [0.1, 0.15) is 22.3 Å². The topological polar surface area (TPSA) is 12.5 Å². The van der Waals surface area contributed by atoms with Gasteiger partial charge >= 0.3 is 0 Å². The van der Waals surface area contributed by atoms with Crippen molar-refractivity contribution in [3.05, 3.63) is 253 Å². The third-order valence-electron chi connectivity index (χ3n) is 12.8. The summed E-state index contributed by atoms with van der Waals surface area (Å²) in [7, 11) is -3.48. The first-order valence-corrected chi connectivity index (χ1v) is 23.7. The van der Waals surface area contributed by atoms with Crippen molar-refractivity contribution in [2.45, 2.75) is 5.41 Å². The Morgan fingerprint density at radius 1 is 0.373 bits per heavy atom. The fraction of sp³-hybridized carbons (Fsp3) is 0.0182. The molecule has 0 saturated heterocycles. The molecular formula is C55H38NOPSi. The minimum atomic E-state index is -2.64. The number of benzene rings is 9. The Balaban J connectivity index is 1.04. The Kier molecular flexibility index (Phi) is 7.78. The largest absolute Gasteiger partial charge is 0.457 e. The number of ether oxygens (including phenoxy) is 1. The highest BCUT2D eigenvalue weighted by Crippen LogP contribution is 2.62. The molecule has 0 N–H and O–H groups in total. The summed E-state index contributed by atoms with van der Waals surface area (Å²) in [6.45, 7) is 0. The first kappa shape index (κ1) is 34.3. The molecule has 0 atom stereocenters. The summed E-state index contributed by atoms with van der Waals surface area (Å²) >= 11 is 0. The first-order chi connectivity index (χ1) is 29.3. The summed E-state index contributed by atoms with van der Waals surface area (Å²) in [6.07, 6.45) is 0. The molecule has 0 aliphatic carbocycles. The molecule has 0 aromatic heterocycles. The number of hydrogen-bond donors (Lipinski definition) is 0. The quantitative estimate of drug-likeness (QED) is 0.130. The Morgan fingerprint density at radius 2 is 0.780 bits per heavy atom. The number of anilines is 3. The van der Waals surface area contributed by atoms with E-state index >= 15 is 0 Å². The maximum Gasteiger partial charge on any atom is 0.180 e. The molecule has 9 aromatic carbocycles. The van der Waals surface area contributed by atoms with Crippen LogP contribution in [0.15, 0.2) is 231 Å². The van der Waals surface area contributed by atoms with Crippen LogP contribution in [0.2, 0.25) is 0 Å². The van der Waals surface area contributed by atoms with Crippen molar-refractivity contribution >= 4 is 69.7 Å². The molecule has 9 aromatic rings. The number of rotatable bonds is 4. The summed E-state index contributed by atoms with van der Waals surface area (Å²) in [5.74, 6) is 1.80. The second-order valence-corrected chi connectivity index (χ2v) is 21.5. The lowest BCUT2D eigenvalue weighted by atomic mass is 9.61. The molecule has 0 fully saturated rings.